The van der Waals surface area contributed by atoms with Crippen molar-refractivity contribution in [3.63, 3.8) is 0 Å². The van der Waals surface area contributed by atoms with Crippen molar-refractivity contribution >= 4 is 17.7 Å². The van der Waals surface area contributed by atoms with E-state index >= 15 is 0 Å². The van der Waals surface area contributed by atoms with Crippen molar-refractivity contribution in [3.8, 4) is 0 Å². The maximum Gasteiger partial charge on any atom is 0.305 e. The fourth-order valence-corrected chi connectivity index (χ4v) is 4.14. The number of amides is 1. The minimum Gasteiger partial charge on any atom is -0.466 e. The summed E-state index contributed by atoms with van der Waals surface area (Å²) in [4.78, 5) is 30.8. The van der Waals surface area contributed by atoms with Crippen molar-refractivity contribution in [2.24, 2.45) is 0 Å². The molecule has 2 N–H and O–H groups in total. The minimum atomic E-state index is -0.143. The number of unbranched alkanes of at least 4 members (excludes halogenated alkanes) is 2. The van der Waals surface area contributed by atoms with Gasteiger partial charge in [-0.3, -0.25) is 9.59 Å². The molecule has 0 spiro atoms. The predicted octanol–water partition coefficient (Wildman–Crippen LogP) is 2.64. The Kier molecular flexibility index (Phi) is 7.86. The second-order valence-electron chi connectivity index (χ2n) is 8.01. The lowest BCUT2D eigenvalue weighted by Crippen LogP contribution is -2.39. The van der Waals surface area contributed by atoms with E-state index in [1.54, 1.807) is 0 Å². The molecule has 1 saturated heterocycles. The predicted molar refractivity (Wildman–Crippen MR) is 113 cm³/mol. The van der Waals surface area contributed by atoms with Crippen molar-refractivity contribution in [1.82, 2.24) is 15.2 Å². The van der Waals surface area contributed by atoms with Gasteiger partial charge in [-0.05, 0) is 57.6 Å². The summed E-state index contributed by atoms with van der Waals surface area (Å²) in [6.07, 6.45) is 6.18. The molecule has 1 aromatic rings. The molecule has 29 heavy (non-hydrogen) atoms. The number of hydrogen-bond donors (Lipinski definition) is 2. The Morgan fingerprint density at radius 1 is 1.34 bits per heavy atom. The van der Waals surface area contributed by atoms with Crippen LogP contribution in [0.5, 0.6) is 0 Å². The molecule has 2 aliphatic heterocycles. The molecule has 0 aliphatic carbocycles. The summed E-state index contributed by atoms with van der Waals surface area (Å²) in [7, 11) is 0. The number of nitrogens with zero attached hydrogens (tertiary/aromatic N) is 2. The number of ether oxygens (including phenoxy) is 1. The van der Waals surface area contributed by atoms with Crippen LogP contribution in [0.3, 0.4) is 0 Å². The Morgan fingerprint density at radius 2 is 2.21 bits per heavy atom. The molecule has 1 aromatic heterocycles. The zero-order valence-electron chi connectivity index (χ0n) is 17.7. The quantitative estimate of drug-likeness (QED) is 0.462. The van der Waals surface area contributed by atoms with E-state index in [0.717, 1.165) is 63.1 Å². The van der Waals surface area contributed by atoms with Crippen LogP contribution >= 0.6 is 0 Å². The van der Waals surface area contributed by atoms with E-state index in [4.69, 9.17) is 9.72 Å². The van der Waals surface area contributed by atoms with E-state index in [-0.39, 0.29) is 24.0 Å². The van der Waals surface area contributed by atoms with Crippen LogP contribution in [0.25, 0.3) is 0 Å². The number of fused-ring (bicyclic) bond motifs is 1. The van der Waals surface area contributed by atoms with Gasteiger partial charge in [-0.25, -0.2) is 4.98 Å². The molecule has 160 valence electrons. The van der Waals surface area contributed by atoms with Crippen molar-refractivity contribution < 1.29 is 14.3 Å². The Bertz CT molecular complexity index is 709. The van der Waals surface area contributed by atoms with Crippen LogP contribution in [0.4, 0.5) is 5.82 Å². The van der Waals surface area contributed by atoms with Crippen molar-refractivity contribution in [2.45, 2.75) is 77.4 Å². The summed E-state index contributed by atoms with van der Waals surface area (Å²) in [6.45, 7) is 6.70. The number of aromatic nitrogens is 1. The summed E-state index contributed by atoms with van der Waals surface area (Å²) in [5.41, 5.74) is 2.25. The van der Waals surface area contributed by atoms with E-state index in [2.05, 4.69) is 29.7 Å². The second kappa shape index (κ2) is 10.6. The number of hydrogen-bond acceptors (Lipinski definition) is 6. The van der Waals surface area contributed by atoms with Gasteiger partial charge in [0, 0.05) is 32.1 Å². The fourth-order valence-electron chi connectivity index (χ4n) is 4.14. The number of aryl methyl sites for hydroxylation is 1. The van der Waals surface area contributed by atoms with E-state index in [9.17, 15) is 9.59 Å². The van der Waals surface area contributed by atoms with Gasteiger partial charge in [-0.15, -0.1) is 0 Å². The van der Waals surface area contributed by atoms with Gasteiger partial charge >= 0.3 is 5.97 Å². The molecule has 0 radical (unpaired) electrons. The highest BCUT2D eigenvalue weighted by molar-refractivity contribution is 5.84. The zero-order chi connectivity index (χ0) is 20.6. The van der Waals surface area contributed by atoms with Gasteiger partial charge in [0.1, 0.15) is 5.82 Å². The van der Waals surface area contributed by atoms with Crippen LogP contribution in [0, 0.1) is 0 Å². The minimum absolute atomic E-state index is 0.131. The highest BCUT2D eigenvalue weighted by atomic mass is 16.5. The third kappa shape index (κ3) is 5.92. The first kappa shape index (κ1) is 21.6. The molecule has 0 saturated carbocycles. The number of pyridine rings is 1. The van der Waals surface area contributed by atoms with Crippen LogP contribution in [-0.4, -0.2) is 53.5 Å². The molecule has 3 heterocycles. The van der Waals surface area contributed by atoms with E-state index in [1.807, 2.05) is 11.8 Å². The number of likely N-dealkylation sites (tertiary alicyclic amines) is 1. The number of carbonyl (C=O) groups excluding carboxylic acids is 2. The van der Waals surface area contributed by atoms with Gasteiger partial charge in [0.05, 0.1) is 18.3 Å². The molecule has 0 aromatic carbocycles. The normalized spacial score (nSPS) is 21.0. The molecule has 1 fully saturated rings. The topological polar surface area (TPSA) is 83.6 Å². The molecule has 7 heteroatoms. The summed E-state index contributed by atoms with van der Waals surface area (Å²) in [5, 5.41) is 6.76. The number of rotatable bonds is 10. The zero-order valence-corrected chi connectivity index (χ0v) is 17.7. The van der Waals surface area contributed by atoms with Crippen LogP contribution in [0.2, 0.25) is 0 Å². The average molecular weight is 403 g/mol. The first-order chi connectivity index (χ1) is 14.1. The average Bonchev–Trinajstić information content (AvgIpc) is 2.99. The Hall–Kier alpha value is -2.15. The summed E-state index contributed by atoms with van der Waals surface area (Å²) < 4.78 is 4.94. The Balaban J connectivity index is 1.40. The summed E-state index contributed by atoms with van der Waals surface area (Å²) in [5.74, 6) is 1.04. The molecule has 1 amide bonds. The molecule has 2 atom stereocenters. The molecular weight excluding hydrogens is 368 g/mol. The smallest absolute Gasteiger partial charge is 0.305 e. The standard InChI is InChI=1S/C22H34N4O3/c1-3-29-20(27)9-5-4-6-13-26-16(2)14-19(22(26)28)24-15-18-11-10-17-8-7-12-23-21(17)25-18/h10-11,16,19,24H,3-9,12-15H2,1-2H3,(H,23,25). The molecular formula is C22H34N4O3. The molecule has 2 aliphatic rings. The number of carbonyl (C=O) groups is 2. The van der Waals surface area contributed by atoms with Gasteiger partial charge in [0.25, 0.3) is 0 Å². The van der Waals surface area contributed by atoms with Gasteiger partial charge in [-0.2, -0.15) is 0 Å². The van der Waals surface area contributed by atoms with E-state index < -0.39 is 0 Å². The third-order valence-corrected chi connectivity index (χ3v) is 5.76. The van der Waals surface area contributed by atoms with Crippen LogP contribution in [0.1, 0.15) is 63.6 Å². The molecule has 7 nitrogen and oxygen atoms in total. The fraction of sp³-hybridized carbons (Fsp3) is 0.682. The van der Waals surface area contributed by atoms with Gasteiger partial charge in [0.2, 0.25) is 5.91 Å². The number of nitrogens with one attached hydrogen (secondary N) is 2. The van der Waals surface area contributed by atoms with Crippen LogP contribution < -0.4 is 10.6 Å². The lowest BCUT2D eigenvalue weighted by molar-refractivity contribution is -0.143. The van der Waals surface area contributed by atoms with Crippen molar-refractivity contribution in [1.29, 1.82) is 0 Å². The monoisotopic (exact) mass is 402 g/mol. The first-order valence-corrected chi connectivity index (χ1v) is 11.0. The summed E-state index contributed by atoms with van der Waals surface area (Å²) in [6, 6.07) is 4.30. The molecule has 3 rings (SSSR count). The van der Waals surface area contributed by atoms with Crippen molar-refractivity contribution in [3.05, 3.63) is 23.4 Å². The second-order valence-corrected chi connectivity index (χ2v) is 8.01. The summed E-state index contributed by atoms with van der Waals surface area (Å²) >= 11 is 0. The Labute approximate surface area is 173 Å². The largest absolute Gasteiger partial charge is 0.466 e. The SMILES string of the molecule is CCOC(=O)CCCCCN1C(=O)C(NCc2ccc3c(n2)NCCC3)CC1C. The highest BCUT2D eigenvalue weighted by Gasteiger charge is 2.36. The first-order valence-electron chi connectivity index (χ1n) is 11.0. The molecule has 0 bridgehead atoms. The maximum atomic E-state index is 12.8. The number of esters is 1. The Morgan fingerprint density at radius 3 is 3.03 bits per heavy atom. The highest BCUT2D eigenvalue weighted by Crippen LogP contribution is 2.22. The van der Waals surface area contributed by atoms with Crippen LogP contribution in [0.15, 0.2) is 12.1 Å². The third-order valence-electron chi connectivity index (χ3n) is 5.76. The van der Waals surface area contributed by atoms with Gasteiger partial charge in [-0.1, -0.05) is 12.5 Å². The van der Waals surface area contributed by atoms with E-state index in [0.29, 0.717) is 19.6 Å². The maximum absolute atomic E-state index is 12.8. The number of anilines is 1. The van der Waals surface area contributed by atoms with Crippen molar-refractivity contribution in [2.75, 3.05) is 25.0 Å². The lowest BCUT2D eigenvalue weighted by atomic mass is 10.1. The van der Waals surface area contributed by atoms with Gasteiger partial charge < -0.3 is 20.3 Å². The van der Waals surface area contributed by atoms with E-state index in [1.165, 1.54) is 5.56 Å². The van der Waals surface area contributed by atoms with Crippen LogP contribution in [-0.2, 0) is 27.3 Å². The molecule has 2 unspecified atom stereocenters. The van der Waals surface area contributed by atoms with Gasteiger partial charge in [0.15, 0.2) is 0 Å². The lowest BCUT2D eigenvalue weighted by Gasteiger charge is -2.21.